The minimum atomic E-state index is -0.632. The lowest BCUT2D eigenvalue weighted by Crippen LogP contribution is -2.20. The first-order chi connectivity index (χ1) is 10.6. The summed E-state index contributed by atoms with van der Waals surface area (Å²) in [6.45, 7) is -0.413. The number of ether oxygens (including phenoxy) is 3. The lowest BCUT2D eigenvalue weighted by atomic mass is 10.2. The van der Waals surface area contributed by atoms with Crippen molar-refractivity contribution in [2.45, 2.75) is 0 Å². The van der Waals surface area contributed by atoms with E-state index < -0.39 is 18.5 Å². The Morgan fingerprint density at radius 2 is 1.82 bits per heavy atom. The second kappa shape index (κ2) is 7.16. The molecule has 0 saturated heterocycles. The molecule has 0 spiro atoms. The first-order valence-electron chi connectivity index (χ1n) is 6.34. The van der Waals surface area contributed by atoms with Crippen LogP contribution in [0.3, 0.4) is 0 Å². The van der Waals surface area contributed by atoms with Gasteiger partial charge in [-0.15, -0.1) is 0 Å². The second-order valence-corrected chi connectivity index (χ2v) is 4.24. The van der Waals surface area contributed by atoms with E-state index in [-0.39, 0.29) is 5.56 Å². The Morgan fingerprint density at radius 1 is 1.14 bits per heavy atom. The Kier molecular flexibility index (Phi) is 5.02. The summed E-state index contributed by atoms with van der Waals surface area (Å²) >= 11 is 0. The van der Waals surface area contributed by atoms with E-state index in [2.05, 4.69) is 5.32 Å². The molecule has 0 saturated carbocycles. The molecular weight excluding hydrogens is 290 g/mol. The summed E-state index contributed by atoms with van der Waals surface area (Å²) in [4.78, 5) is 23.4. The van der Waals surface area contributed by atoms with Crippen molar-refractivity contribution in [1.82, 2.24) is 0 Å². The van der Waals surface area contributed by atoms with Gasteiger partial charge >= 0.3 is 5.97 Å². The van der Waals surface area contributed by atoms with Crippen LogP contribution in [0.25, 0.3) is 0 Å². The normalized spacial score (nSPS) is 9.91. The van der Waals surface area contributed by atoms with Gasteiger partial charge in [0, 0.05) is 23.9 Å². The summed E-state index contributed by atoms with van der Waals surface area (Å²) in [6, 6.07) is 6.37. The molecule has 1 amide bonds. The number of carbonyl (C=O) groups is 2. The number of carbonyl (C=O) groups excluding carboxylic acids is 2. The molecule has 0 atom stereocenters. The van der Waals surface area contributed by atoms with Crippen LogP contribution in [0.1, 0.15) is 10.4 Å². The molecule has 7 heteroatoms. The van der Waals surface area contributed by atoms with Gasteiger partial charge < -0.3 is 23.9 Å². The maximum absolute atomic E-state index is 11.8. The molecule has 0 aliphatic rings. The van der Waals surface area contributed by atoms with Gasteiger partial charge in [-0.1, -0.05) is 0 Å². The highest BCUT2D eigenvalue weighted by molar-refractivity contribution is 5.95. The van der Waals surface area contributed by atoms with Crippen molar-refractivity contribution in [3.05, 3.63) is 42.4 Å². The number of benzene rings is 1. The fourth-order valence-corrected chi connectivity index (χ4v) is 1.67. The topological polar surface area (TPSA) is 87.0 Å². The third-order valence-corrected chi connectivity index (χ3v) is 2.73. The van der Waals surface area contributed by atoms with E-state index >= 15 is 0 Å². The van der Waals surface area contributed by atoms with Crippen molar-refractivity contribution in [3.63, 3.8) is 0 Å². The lowest BCUT2D eigenvalue weighted by Gasteiger charge is -2.10. The van der Waals surface area contributed by atoms with E-state index in [0.29, 0.717) is 17.2 Å². The van der Waals surface area contributed by atoms with Crippen LogP contribution in [0, 0.1) is 0 Å². The zero-order valence-electron chi connectivity index (χ0n) is 12.1. The highest BCUT2D eigenvalue weighted by Gasteiger charge is 2.12. The monoisotopic (exact) mass is 305 g/mol. The van der Waals surface area contributed by atoms with Gasteiger partial charge in [-0.25, -0.2) is 4.79 Å². The summed E-state index contributed by atoms with van der Waals surface area (Å²) in [7, 11) is 3.01. The van der Waals surface area contributed by atoms with Crippen LogP contribution in [0.5, 0.6) is 11.5 Å². The van der Waals surface area contributed by atoms with Gasteiger partial charge in [0.25, 0.3) is 5.91 Å². The predicted octanol–water partition coefficient (Wildman–Crippen LogP) is 2.09. The second-order valence-electron chi connectivity index (χ2n) is 4.24. The molecule has 2 aromatic rings. The molecule has 1 aromatic heterocycles. The number of furan rings is 1. The van der Waals surface area contributed by atoms with E-state index in [4.69, 9.17) is 18.6 Å². The van der Waals surface area contributed by atoms with Gasteiger partial charge in [-0.2, -0.15) is 0 Å². The molecule has 7 nitrogen and oxygen atoms in total. The van der Waals surface area contributed by atoms with Crippen LogP contribution in [0.4, 0.5) is 5.69 Å². The minimum absolute atomic E-state index is 0.246. The third-order valence-electron chi connectivity index (χ3n) is 2.73. The van der Waals surface area contributed by atoms with Crippen LogP contribution in [-0.2, 0) is 9.53 Å². The van der Waals surface area contributed by atoms with Crippen LogP contribution in [0.15, 0.2) is 41.2 Å². The Balaban J connectivity index is 1.93. The molecule has 1 aromatic carbocycles. The zero-order chi connectivity index (χ0) is 15.9. The summed E-state index contributed by atoms with van der Waals surface area (Å²) in [5.41, 5.74) is 0.719. The zero-order valence-corrected chi connectivity index (χ0v) is 12.1. The first kappa shape index (κ1) is 15.4. The van der Waals surface area contributed by atoms with Crippen LogP contribution in [0.2, 0.25) is 0 Å². The summed E-state index contributed by atoms with van der Waals surface area (Å²) in [5, 5.41) is 2.59. The SMILES string of the molecule is COc1cc(NC(=O)COC(=O)c2ccoc2)cc(OC)c1. The predicted molar refractivity (Wildman–Crippen MR) is 77.2 cm³/mol. The average Bonchev–Trinajstić information content (AvgIpc) is 3.06. The molecule has 1 heterocycles. The summed E-state index contributed by atoms with van der Waals surface area (Å²) in [5.74, 6) is -0.0469. The number of amides is 1. The number of rotatable bonds is 6. The van der Waals surface area contributed by atoms with Crippen molar-refractivity contribution in [2.24, 2.45) is 0 Å². The third kappa shape index (κ3) is 4.02. The Labute approximate surface area is 126 Å². The number of hydrogen-bond acceptors (Lipinski definition) is 6. The number of esters is 1. The van der Waals surface area contributed by atoms with Gasteiger partial charge in [0.2, 0.25) is 0 Å². The number of nitrogens with one attached hydrogen (secondary N) is 1. The smallest absolute Gasteiger partial charge is 0.341 e. The number of hydrogen-bond donors (Lipinski definition) is 1. The molecule has 0 aliphatic carbocycles. The largest absolute Gasteiger partial charge is 0.497 e. The van der Waals surface area contributed by atoms with Gasteiger partial charge in [0.15, 0.2) is 6.61 Å². The fourth-order valence-electron chi connectivity index (χ4n) is 1.67. The van der Waals surface area contributed by atoms with Gasteiger partial charge in [-0.05, 0) is 6.07 Å². The van der Waals surface area contributed by atoms with Crippen molar-refractivity contribution < 1.29 is 28.2 Å². The van der Waals surface area contributed by atoms with E-state index in [1.165, 1.54) is 32.8 Å². The number of methoxy groups -OCH3 is 2. The van der Waals surface area contributed by atoms with Crippen LogP contribution >= 0.6 is 0 Å². The van der Waals surface area contributed by atoms with Gasteiger partial charge in [0.05, 0.1) is 26.0 Å². The maximum Gasteiger partial charge on any atom is 0.341 e. The van der Waals surface area contributed by atoms with E-state index in [9.17, 15) is 9.59 Å². The highest BCUT2D eigenvalue weighted by Crippen LogP contribution is 2.25. The van der Waals surface area contributed by atoms with Crippen molar-refractivity contribution >= 4 is 17.6 Å². The molecule has 0 bridgehead atoms. The maximum atomic E-state index is 11.8. The average molecular weight is 305 g/mol. The fraction of sp³-hybridized carbons (Fsp3) is 0.200. The standard InChI is InChI=1S/C15H15NO6/c1-19-12-5-11(6-13(7-12)20-2)16-14(17)9-22-15(18)10-3-4-21-8-10/h3-8H,9H2,1-2H3,(H,16,17). The molecule has 0 unspecified atom stereocenters. The van der Waals surface area contributed by atoms with E-state index in [1.807, 2.05) is 0 Å². The van der Waals surface area contributed by atoms with Crippen LogP contribution < -0.4 is 14.8 Å². The molecule has 0 fully saturated rings. The van der Waals surface area contributed by atoms with E-state index in [0.717, 1.165) is 0 Å². The number of anilines is 1. The molecule has 0 radical (unpaired) electrons. The lowest BCUT2D eigenvalue weighted by molar-refractivity contribution is -0.119. The molecular formula is C15H15NO6. The van der Waals surface area contributed by atoms with Crippen molar-refractivity contribution in [3.8, 4) is 11.5 Å². The molecule has 1 N–H and O–H groups in total. The molecule has 2 rings (SSSR count). The molecule has 0 aliphatic heterocycles. The Bertz CT molecular complexity index is 628. The quantitative estimate of drug-likeness (QED) is 0.822. The van der Waals surface area contributed by atoms with Crippen molar-refractivity contribution in [2.75, 3.05) is 26.1 Å². The minimum Gasteiger partial charge on any atom is -0.497 e. The van der Waals surface area contributed by atoms with Crippen molar-refractivity contribution in [1.29, 1.82) is 0 Å². The first-order valence-corrected chi connectivity index (χ1v) is 6.34. The Morgan fingerprint density at radius 3 is 2.36 bits per heavy atom. The summed E-state index contributed by atoms with van der Waals surface area (Å²) in [6.07, 6.45) is 2.59. The highest BCUT2D eigenvalue weighted by atomic mass is 16.5. The van der Waals surface area contributed by atoms with Gasteiger partial charge in [-0.3, -0.25) is 4.79 Å². The van der Waals surface area contributed by atoms with Crippen LogP contribution in [-0.4, -0.2) is 32.7 Å². The van der Waals surface area contributed by atoms with E-state index in [1.54, 1.807) is 18.2 Å². The molecule has 116 valence electrons. The summed E-state index contributed by atoms with van der Waals surface area (Å²) < 4.78 is 19.8. The molecule has 22 heavy (non-hydrogen) atoms. The Hall–Kier alpha value is -2.96. The van der Waals surface area contributed by atoms with Gasteiger partial charge in [0.1, 0.15) is 17.8 Å².